The van der Waals surface area contributed by atoms with Gasteiger partial charge in [-0.25, -0.2) is 4.98 Å². The summed E-state index contributed by atoms with van der Waals surface area (Å²) in [5.74, 6) is 0. The fourth-order valence-corrected chi connectivity index (χ4v) is 2.13. The molecule has 0 aliphatic carbocycles. The van der Waals surface area contributed by atoms with Crippen molar-refractivity contribution in [3.05, 3.63) is 42.9 Å². The Morgan fingerprint density at radius 2 is 1.90 bits per heavy atom. The Hall–Kier alpha value is -2.27. The lowest BCUT2D eigenvalue weighted by atomic mass is 10.2. The Morgan fingerprint density at radius 3 is 2.75 bits per heavy atom. The van der Waals surface area contributed by atoms with Crippen LogP contribution in [0.25, 0.3) is 22.3 Å². The largest absolute Gasteiger partial charge is 0.330 e. The number of rotatable bonds is 5. The van der Waals surface area contributed by atoms with Gasteiger partial charge in [-0.1, -0.05) is 12.1 Å². The maximum atomic E-state index is 5.49. The summed E-state index contributed by atoms with van der Waals surface area (Å²) in [4.78, 5) is 9.05. The Bertz CT molecular complexity index is 704. The number of nitrogens with zero attached hydrogens (tertiary/aromatic N) is 4. The van der Waals surface area contributed by atoms with Crippen LogP contribution in [0.2, 0.25) is 0 Å². The van der Waals surface area contributed by atoms with E-state index in [1.807, 2.05) is 41.3 Å². The molecular weight excluding hydrogens is 250 g/mol. The van der Waals surface area contributed by atoms with Gasteiger partial charge in [0.2, 0.25) is 0 Å². The Morgan fingerprint density at radius 1 is 1.05 bits per heavy atom. The van der Waals surface area contributed by atoms with E-state index in [0.29, 0.717) is 0 Å². The molecule has 0 unspecified atom stereocenters. The van der Waals surface area contributed by atoms with Crippen LogP contribution >= 0.6 is 0 Å². The lowest BCUT2D eigenvalue weighted by Gasteiger charge is -2.00. The number of hydrogen-bond acceptors (Lipinski definition) is 4. The van der Waals surface area contributed by atoms with Crippen molar-refractivity contribution in [3.8, 4) is 11.3 Å². The highest BCUT2D eigenvalue weighted by Crippen LogP contribution is 2.18. The minimum Gasteiger partial charge on any atom is -0.330 e. The van der Waals surface area contributed by atoms with Crippen LogP contribution in [0, 0.1) is 0 Å². The maximum absolute atomic E-state index is 5.49. The molecule has 2 N–H and O–H groups in total. The number of unbranched alkanes of at least 4 members (excludes halogenated alkanes) is 1. The van der Waals surface area contributed by atoms with Crippen LogP contribution in [0.5, 0.6) is 0 Å². The molecule has 5 nitrogen and oxygen atoms in total. The van der Waals surface area contributed by atoms with Crippen molar-refractivity contribution in [1.29, 1.82) is 0 Å². The van der Waals surface area contributed by atoms with Crippen molar-refractivity contribution >= 4 is 11.0 Å². The molecule has 0 saturated carbocycles. The predicted molar refractivity (Wildman–Crippen MR) is 79.0 cm³/mol. The number of benzene rings is 1. The van der Waals surface area contributed by atoms with Crippen LogP contribution in [0.3, 0.4) is 0 Å². The van der Waals surface area contributed by atoms with E-state index in [2.05, 4.69) is 15.1 Å². The van der Waals surface area contributed by atoms with Crippen LogP contribution in [-0.4, -0.2) is 26.3 Å². The number of para-hydroxylation sites is 2. The van der Waals surface area contributed by atoms with Gasteiger partial charge < -0.3 is 5.73 Å². The molecule has 2 aromatic heterocycles. The normalized spacial score (nSPS) is 11.1. The summed E-state index contributed by atoms with van der Waals surface area (Å²) in [6, 6.07) is 7.86. The number of aryl methyl sites for hydroxylation is 1. The summed E-state index contributed by atoms with van der Waals surface area (Å²) in [7, 11) is 0. The number of nitrogens with two attached hydrogens (primary N) is 1. The number of fused-ring (bicyclic) bond motifs is 1. The smallest absolute Gasteiger partial charge is 0.0924 e. The first kappa shape index (κ1) is 12.7. The van der Waals surface area contributed by atoms with Gasteiger partial charge in [-0.3, -0.25) is 9.67 Å². The molecule has 0 spiro atoms. The highest BCUT2D eigenvalue weighted by atomic mass is 15.3. The molecule has 0 radical (unpaired) electrons. The molecule has 3 rings (SSSR count). The maximum Gasteiger partial charge on any atom is 0.0924 e. The van der Waals surface area contributed by atoms with Gasteiger partial charge in [-0.05, 0) is 31.5 Å². The number of hydrogen-bond donors (Lipinski definition) is 1. The SMILES string of the molecule is NCCCCn1cc(-c2cnc3ccccc3n2)cn1. The van der Waals surface area contributed by atoms with Gasteiger partial charge in [-0.15, -0.1) is 0 Å². The zero-order valence-electron chi connectivity index (χ0n) is 11.2. The van der Waals surface area contributed by atoms with E-state index in [1.54, 1.807) is 6.20 Å². The third-order valence-corrected chi connectivity index (χ3v) is 3.22. The molecule has 0 atom stereocenters. The molecule has 0 amide bonds. The van der Waals surface area contributed by atoms with Crippen LogP contribution in [0.1, 0.15) is 12.8 Å². The summed E-state index contributed by atoms with van der Waals surface area (Å²) in [5, 5.41) is 4.35. The lowest BCUT2D eigenvalue weighted by molar-refractivity contribution is 0.561. The van der Waals surface area contributed by atoms with Gasteiger partial charge in [-0.2, -0.15) is 5.10 Å². The second-order valence-electron chi connectivity index (χ2n) is 4.73. The van der Waals surface area contributed by atoms with Gasteiger partial charge in [0.15, 0.2) is 0 Å². The molecule has 102 valence electrons. The highest BCUT2D eigenvalue weighted by molar-refractivity contribution is 5.76. The topological polar surface area (TPSA) is 69.6 Å². The fraction of sp³-hybridized carbons (Fsp3) is 0.267. The molecule has 0 saturated heterocycles. The zero-order chi connectivity index (χ0) is 13.8. The summed E-state index contributed by atoms with van der Waals surface area (Å²) in [6.07, 6.45) is 7.70. The standard InChI is InChI=1S/C15H17N5/c16-7-3-4-8-20-11-12(9-18-20)15-10-17-13-5-1-2-6-14(13)19-15/h1-2,5-6,9-11H,3-4,7-8,16H2. The molecule has 1 aromatic carbocycles. The first-order valence-corrected chi connectivity index (χ1v) is 6.81. The van der Waals surface area contributed by atoms with Gasteiger partial charge in [0.05, 0.1) is 29.1 Å². The van der Waals surface area contributed by atoms with Crippen molar-refractivity contribution in [2.24, 2.45) is 5.73 Å². The van der Waals surface area contributed by atoms with Crippen molar-refractivity contribution in [2.45, 2.75) is 19.4 Å². The van der Waals surface area contributed by atoms with Crippen LogP contribution in [0.15, 0.2) is 42.9 Å². The first-order valence-electron chi connectivity index (χ1n) is 6.81. The van der Waals surface area contributed by atoms with Crippen molar-refractivity contribution in [1.82, 2.24) is 19.7 Å². The van der Waals surface area contributed by atoms with E-state index in [0.717, 1.165) is 48.2 Å². The van der Waals surface area contributed by atoms with E-state index in [-0.39, 0.29) is 0 Å². The molecule has 5 heteroatoms. The Kier molecular flexibility index (Phi) is 3.69. The van der Waals surface area contributed by atoms with Crippen LogP contribution in [0.4, 0.5) is 0 Å². The minimum atomic E-state index is 0.726. The molecule has 3 aromatic rings. The lowest BCUT2D eigenvalue weighted by Crippen LogP contribution is -2.03. The van der Waals surface area contributed by atoms with Crippen molar-refractivity contribution in [3.63, 3.8) is 0 Å². The zero-order valence-corrected chi connectivity index (χ0v) is 11.2. The van der Waals surface area contributed by atoms with E-state index in [4.69, 9.17) is 5.73 Å². The molecule has 2 heterocycles. The van der Waals surface area contributed by atoms with E-state index >= 15 is 0 Å². The van der Waals surface area contributed by atoms with Crippen LogP contribution < -0.4 is 5.73 Å². The molecule has 0 fully saturated rings. The average Bonchev–Trinajstić information content (AvgIpc) is 2.96. The molecule has 20 heavy (non-hydrogen) atoms. The molecule has 0 aliphatic heterocycles. The quantitative estimate of drug-likeness (QED) is 0.720. The van der Waals surface area contributed by atoms with E-state index < -0.39 is 0 Å². The minimum absolute atomic E-state index is 0.726. The summed E-state index contributed by atoms with van der Waals surface area (Å²) >= 11 is 0. The van der Waals surface area contributed by atoms with Gasteiger partial charge in [0.25, 0.3) is 0 Å². The summed E-state index contributed by atoms with van der Waals surface area (Å²) < 4.78 is 1.93. The Labute approximate surface area is 117 Å². The van der Waals surface area contributed by atoms with Crippen LogP contribution in [-0.2, 0) is 6.54 Å². The predicted octanol–water partition coefficient (Wildman–Crippen LogP) is 2.23. The van der Waals surface area contributed by atoms with E-state index in [9.17, 15) is 0 Å². The third kappa shape index (κ3) is 2.67. The fourth-order valence-electron chi connectivity index (χ4n) is 2.13. The van der Waals surface area contributed by atoms with Crippen molar-refractivity contribution in [2.75, 3.05) is 6.54 Å². The van der Waals surface area contributed by atoms with Gasteiger partial charge in [0.1, 0.15) is 0 Å². The van der Waals surface area contributed by atoms with Gasteiger partial charge >= 0.3 is 0 Å². The Balaban J connectivity index is 1.83. The number of aromatic nitrogens is 4. The second kappa shape index (κ2) is 5.79. The summed E-state index contributed by atoms with van der Waals surface area (Å²) in [6.45, 7) is 1.61. The van der Waals surface area contributed by atoms with Gasteiger partial charge in [0, 0.05) is 18.3 Å². The molecule has 0 bridgehead atoms. The monoisotopic (exact) mass is 267 g/mol. The van der Waals surface area contributed by atoms with E-state index in [1.165, 1.54) is 0 Å². The van der Waals surface area contributed by atoms with Crippen molar-refractivity contribution < 1.29 is 0 Å². The molecular formula is C15H17N5. The average molecular weight is 267 g/mol. The third-order valence-electron chi connectivity index (χ3n) is 3.22. The molecule has 0 aliphatic rings. The second-order valence-corrected chi connectivity index (χ2v) is 4.73. The summed E-state index contributed by atoms with van der Waals surface area (Å²) in [5.41, 5.74) is 9.16. The first-order chi connectivity index (χ1) is 9.86. The highest BCUT2D eigenvalue weighted by Gasteiger charge is 2.05.